The molecule has 0 atom stereocenters. The van der Waals surface area contributed by atoms with E-state index in [1.54, 1.807) is 0 Å². The van der Waals surface area contributed by atoms with Crippen LogP contribution in [0.5, 0.6) is 0 Å². The zero-order chi connectivity index (χ0) is 14.1. The van der Waals surface area contributed by atoms with E-state index in [-0.39, 0.29) is 11.6 Å². The van der Waals surface area contributed by atoms with Crippen LogP contribution in [0.3, 0.4) is 0 Å². The molecule has 100 valence electrons. The standard InChI is InChI=1S/C14H13N5O/c1-9-10(2)19-8-11(3-4-13(19)17-9)18-14(20)12-7-15-5-6-16-12/h3-8H,1-2H3,(H,18,20). The predicted octanol–water partition coefficient (Wildman–Crippen LogP) is 1.99. The highest BCUT2D eigenvalue weighted by Gasteiger charge is 2.09. The highest BCUT2D eigenvalue weighted by molar-refractivity contribution is 6.02. The summed E-state index contributed by atoms with van der Waals surface area (Å²) in [7, 11) is 0. The number of anilines is 1. The summed E-state index contributed by atoms with van der Waals surface area (Å²) in [6, 6.07) is 3.68. The molecule has 0 saturated carbocycles. The number of aromatic nitrogens is 4. The second-order valence-electron chi connectivity index (χ2n) is 4.47. The van der Waals surface area contributed by atoms with Gasteiger partial charge in [0.05, 0.1) is 17.6 Å². The van der Waals surface area contributed by atoms with Crippen LogP contribution >= 0.6 is 0 Å². The number of fused-ring (bicyclic) bond motifs is 1. The lowest BCUT2D eigenvalue weighted by atomic mass is 10.3. The van der Waals surface area contributed by atoms with Crippen LogP contribution in [0.4, 0.5) is 5.69 Å². The number of carbonyl (C=O) groups excluding carboxylic acids is 1. The Kier molecular flexibility index (Phi) is 2.90. The Morgan fingerprint density at radius 3 is 2.85 bits per heavy atom. The molecule has 6 heteroatoms. The van der Waals surface area contributed by atoms with E-state index < -0.39 is 0 Å². The molecule has 1 N–H and O–H groups in total. The van der Waals surface area contributed by atoms with E-state index in [2.05, 4.69) is 20.3 Å². The Balaban J connectivity index is 1.91. The quantitative estimate of drug-likeness (QED) is 0.770. The topological polar surface area (TPSA) is 72.2 Å². The SMILES string of the molecule is Cc1nc2ccc(NC(=O)c3cnccn3)cn2c1C. The molecule has 0 aliphatic heterocycles. The number of nitrogens with zero attached hydrogens (tertiary/aromatic N) is 4. The van der Waals surface area contributed by atoms with Crippen LogP contribution in [0.1, 0.15) is 21.9 Å². The fourth-order valence-electron chi connectivity index (χ4n) is 1.97. The van der Waals surface area contributed by atoms with Gasteiger partial charge in [0.25, 0.3) is 5.91 Å². The number of hydrogen-bond donors (Lipinski definition) is 1. The number of rotatable bonds is 2. The van der Waals surface area contributed by atoms with E-state index in [0.29, 0.717) is 5.69 Å². The fourth-order valence-corrected chi connectivity index (χ4v) is 1.97. The average molecular weight is 267 g/mol. The number of nitrogens with one attached hydrogen (secondary N) is 1. The maximum absolute atomic E-state index is 12.0. The molecule has 0 fully saturated rings. The minimum absolute atomic E-state index is 0.283. The van der Waals surface area contributed by atoms with Crippen LogP contribution in [-0.4, -0.2) is 25.3 Å². The average Bonchev–Trinajstić information content (AvgIpc) is 2.75. The second-order valence-corrected chi connectivity index (χ2v) is 4.47. The van der Waals surface area contributed by atoms with Crippen molar-refractivity contribution < 1.29 is 4.79 Å². The van der Waals surface area contributed by atoms with E-state index >= 15 is 0 Å². The molecule has 0 radical (unpaired) electrons. The summed E-state index contributed by atoms with van der Waals surface area (Å²) in [6.45, 7) is 3.95. The van der Waals surface area contributed by atoms with Gasteiger partial charge in [0.2, 0.25) is 0 Å². The Morgan fingerprint density at radius 2 is 2.10 bits per heavy atom. The molecule has 0 aromatic carbocycles. The zero-order valence-corrected chi connectivity index (χ0v) is 11.2. The number of carbonyl (C=O) groups is 1. The highest BCUT2D eigenvalue weighted by Crippen LogP contribution is 2.15. The number of hydrogen-bond acceptors (Lipinski definition) is 4. The summed E-state index contributed by atoms with van der Waals surface area (Å²) in [5, 5.41) is 2.80. The van der Waals surface area contributed by atoms with E-state index in [9.17, 15) is 4.79 Å². The van der Waals surface area contributed by atoms with Crippen molar-refractivity contribution in [3.63, 3.8) is 0 Å². The molecular formula is C14H13N5O. The highest BCUT2D eigenvalue weighted by atomic mass is 16.1. The molecule has 1 amide bonds. The number of amides is 1. The van der Waals surface area contributed by atoms with Crippen LogP contribution in [0.25, 0.3) is 5.65 Å². The number of pyridine rings is 1. The van der Waals surface area contributed by atoms with Gasteiger partial charge in [-0.1, -0.05) is 0 Å². The Labute approximate surface area is 115 Å². The third-order valence-corrected chi connectivity index (χ3v) is 3.15. The van der Waals surface area contributed by atoms with Gasteiger partial charge in [-0.2, -0.15) is 0 Å². The van der Waals surface area contributed by atoms with Gasteiger partial charge in [0.15, 0.2) is 0 Å². The summed E-state index contributed by atoms with van der Waals surface area (Å²) >= 11 is 0. The zero-order valence-electron chi connectivity index (χ0n) is 11.2. The van der Waals surface area contributed by atoms with Gasteiger partial charge in [-0.3, -0.25) is 9.78 Å². The lowest BCUT2D eigenvalue weighted by Crippen LogP contribution is -2.14. The monoisotopic (exact) mass is 267 g/mol. The first-order chi connectivity index (χ1) is 9.65. The van der Waals surface area contributed by atoms with Gasteiger partial charge >= 0.3 is 0 Å². The molecule has 3 aromatic heterocycles. The van der Waals surface area contributed by atoms with Gasteiger partial charge in [0, 0.05) is 24.3 Å². The van der Waals surface area contributed by atoms with Crippen molar-refractivity contribution >= 4 is 17.2 Å². The van der Waals surface area contributed by atoms with Crippen molar-refractivity contribution in [3.8, 4) is 0 Å². The lowest BCUT2D eigenvalue weighted by molar-refractivity contribution is 0.102. The van der Waals surface area contributed by atoms with Gasteiger partial charge in [-0.15, -0.1) is 0 Å². The predicted molar refractivity (Wildman–Crippen MR) is 74.7 cm³/mol. The third-order valence-electron chi connectivity index (χ3n) is 3.15. The van der Waals surface area contributed by atoms with Crippen molar-refractivity contribution in [1.82, 2.24) is 19.4 Å². The minimum Gasteiger partial charge on any atom is -0.319 e. The maximum Gasteiger partial charge on any atom is 0.275 e. The smallest absolute Gasteiger partial charge is 0.275 e. The van der Waals surface area contributed by atoms with E-state index in [1.807, 2.05) is 36.6 Å². The van der Waals surface area contributed by atoms with Crippen LogP contribution in [0.15, 0.2) is 36.9 Å². The largest absolute Gasteiger partial charge is 0.319 e. The summed E-state index contributed by atoms with van der Waals surface area (Å²) in [6.07, 6.45) is 6.29. The summed E-state index contributed by atoms with van der Waals surface area (Å²) < 4.78 is 1.95. The van der Waals surface area contributed by atoms with Gasteiger partial charge in [-0.25, -0.2) is 9.97 Å². The fraction of sp³-hybridized carbons (Fsp3) is 0.143. The summed E-state index contributed by atoms with van der Waals surface area (Å²) in [5.74, 6) is -0.285. The third kappa shape index (κ3) is 2.11. The molecule has 0 aliphatic carbocycles. The molecule has 0 unspecified atom stereocenters. The van der Waals surface area contributed by atoms with Crippen LogP contribution in [0, 0.1) is 13.8 Å². The van der Waals surface area contributed by atoms with Gasteiger partial charge in [0.1, 0.15) is 11.3 Å². The lowest BCUT2D eigenvalue weighted by Gasteiger charge is -2.05. The molecule has 6 nitrogen and oxygen atoms in total. The number of imidazole rings is 1. The molecule has 3 heterocycles. The Hall–Kier alpha value is -2.76. The van der Waals surface area contributed by atoms with E-state index in [0.717, 1.165) is 17.0 Å². The van der Waals surface area contributed by atoms with E-state index in [4.69, 9.17) is 0 Å². The molecule has 0 bridgehead atoms. The maximum atomic E-state index is 12.0. The van der Waals surface area contributed by atoms with Gasteiger partial charge < -0.3 is 9.72 Å². The van der Waals surface area contributed by atoms with Crippen molar-refractivity contribution in [2.24, 2.45) is 0 Å². The van der Waals surface area contributed by atoms with Crippen LogP contribution in [-0.2, 0) is 0 Å². The first kappa shape index (κ1) is 12.3. The van der Waals surface area contributed by atoms with Crippen molar-refractivity contribution in [2.45, 2.75) is 13.8 Å². The van der Waals surface area contributed by atoms with Crippen molar-refractivity contribution in [2.75, 3.05) is 5.32 Å². The molecular weight excluding hydrogens is 254 g/mol. The van der Waals surface area contributed by atoms with Crippen molar-refractivity contribution in [1.29, 1.82) is 0 Å². The first-order valence-electron chi connectivity index (χ1n) is 6.18. The second kappa shape index (κ2) is 4.73. The molecule has 20 heavy (non-hydrogen) atoms. The van der Waals surface area contributed by atoms with Gasteiger partial charge in [-0.05, 0) is 26.0 Å². The van der Waals surface area contributed by atoms with E-state index in [1.165, 1.54) is 18.6 Å². The summed E-state index contributed by atoms with van der Waals surface area (Å²) in [4.78, 5) is 24.3. The van der Waals surface area contributed by atoms with Crippen LogP contribution in [0.2, 0.25) is 0 Å². The van der Waals surface area contributed by atoms with Crippen molar-refractivity contribution in [3.05, 3.63) is 54.0 Å². The first-order valence-corrected chi connectivity index (χ1v) is 6.18. The summed E-state index contributed by atoms with van der Waals surface area (Å²) in [5.41, 5.74) is 3.86. The molecule has 0 spiro atoms. The molecule has 3 aromatic rings. The normalized spacial score (nSPS) is 10.7. The molecule has 3 rings (SSSR count). The molecule has 0 aliphatic rings. The Morgan fingerprint density at radius 1 is 1.25 bits per heavy atom. The Bertz CT molecular complexity index is 779. The minimum atomic E-state index is -0.285. The van der Waals surface area contributed by atoms with Crippen LogP contribution < -0.4 is 5.32 Å². The molecule has 0 saturated heterocycles. The number of aryl methyl sites for hydroxylation is 2.